The van der Waals surface area contributed by atoms with Gasteiger partial charge in [0, 0.05) is 138 Å². The van der Waals surface area contributed by atoms with E-state index in [9.17, 15) is 57.8 Å². The molecule has 0 aromatic heterocycles. The summed E-state index contributed by atoms with van der Waals surface area (Å²) >= 11 is 0. The molecule has 2 heterocycles. The summed E-state index contributed by atoms with van der Waals surface area (Å²) in [6.45, 7) is 45.5. The second-order valence-corrected chi connectivity index (χ2v) is 38.6. The summed E-state index contributed by atoms with van der Waals surface area (Å²) < 4.78 is 29.2. The Bertz CT molecular complexity index is 3430. The van der Waals surface area contributed by atoms with Crippen LogP contribution in [0.3, 0.4) is 0 Å². The zero-order valence-electron chi connectivity index (χ0n) is 82.5. The Balaban J connectivity index is 0.000000951. The molecular formula is C98H168N8O19. The van der Waals surface area contributed by atoms with Gasteiger partial charge in [-0.15, -0.1) is 0 Å². The first-order valence-electron chi connectivity index (χ1n) is 45.6. The van der Waals surface area contributed by atoms with Crippen molar-refractivity contribution < 1.29 is 91.4 Å². The van der Waals surface area contributed by atoms with Gasteiger partial charge in [-0.25, -0.2) is 0 Å². The van der Waals surface area contributed by atoms with Crippen LogP contribution in [0, 0.1) is 75.9 Å². The highest BCUT2D eigenvalue weighted by Gasteiger charge is 2.47. The number of Topliss-reactive ketones (excluding diaryl/α,β-unsaturated/α-hetero) is 3. The van der Waals surface area contributed by atoms with Crippen LogP contribution < -0.4 is 16.4 Å². The van der Waals surface area contributed by atoms with Crippen LogP contribution in [0.15, 0.2) is 60.7 Å². The number of rotatable bonds is 48. The predicted molar refractivity (Wildman–Crippen MR) is 492 cm³/mol. The molecule has 4 rings (SSSR count). The van der Waals surface area contributed by atoms with E-state index in [0.29, 0.717) is 26.2 Å². The van der Waals surface area contributed by atoms with E-state index in [-0.39, 0.29) is 157 Å². The fraction of sp³-hybridized carbons (Fsp3) is 0.755. The number of carbonyl (C=O) groups is 12. The molecule has 0 spiro atoms. The molecule has 0 saturated carbocycles. The summed E-state index contributed by atoms with van der Waals surface area (Å²) in [7, 11) is 13.1. The minimum atomic E-state index is -1.03. The summed E-state index contributed by atoms with van der Waals surface area (Å²) in [6.07, 6.45) is 4.72. The number of nitrogens with two attached hydrogens (primary N) is 1. The molecule has 0 radical (unpaired) electrons. The number of ketones is 3. The fourth-order valence-electron chi connectivity index (χ4n) is 16.9. The van der Waals surface area contributed by atoms with Gasteiger partial charge in [0.2, 0.25) is 41.4 Å². The van der Waals surface area contributed by atoms with Crippen molar-refractivity contribution in [2.45, 2.75) is 322 Å². The number of likely N-dealkylation sites (tertiary alicyclic amines) is 2. The molecular weight excluding hydrogens is 1590 g/mol. The van der Waals surface area contributed by atoms with Gasteiger partial charge < -0.3 is 74.8 Å². The summed E-state index contributed by atoms with van der Waals surface area (Å²) in [6, 6.07) is 18.4. The van der Waals surface area contributed by atoms with Crippen molar-refractivity contribution in [3.63, 3.8) is 0 Å². The van der Waals surface area contributed by atoms with Crippen LogP contribution in [-0.4, -0.2) is 254 Å². The second kappa shape index (κ2) is 56.0. The number of likely N-dealkylation sites (N-methyl/N-ethyl adjacent to an activating group) is 3. The van der Waals surface area contributed by atoms with Gasteiger partial charge in [-0.05, 0) is 99.0 Å². The van der Waals surface area contributed by atoms with Crippen molar-refractivity contribution in [3.8, 4) is 0 Å². The van der Waals surface area contributed by atoms with Gasteiger partial charge in [0.25, 0.3) is 5.97 Å². The molecule has 2 aromatic carbocycles. The van der Waals surface area contributed by atoms with Gasteiger partial charge in [-0.3, -0.25) is 57.5 Å². The van der Waals surface area contributed by atoms with Gasteiger partial charge in [-0.1, -0.05) is 218 Å². The third-order valence-corrected chi connectivity index (χ3v) is 25.7. The van der Waals surface area contributed by atoms with Crippen LogP contribution in [-0.2, 0) is 94.1 Å². The number of carboxylic acids is 2. The Morgan fingerprint density at radius 1 is 0.440 bits per heavy atom. The topological polar surface area (TPSA) is 358 Å². The number of benzene rings is 2. The van der Waals surface area contributed by atoms with E-state index in [1.54, 1.807) is 78.1 Å². The number of hydrogen-bond acceptors (Lipinski definition) is 18. The molecule has 7 amide bonds. The molecule has 2 saturated heterocycles. The highest BCUT2D eigenvalue weighted by Crippen LogP contribution is 2.36. The minimum Gasteiger partial charge on any atom is -0.481 e. The minimum absolute atomic E-state index is 0.00398. The van der Waals surface area contributed by atoms with Crippen LogP contribution in [0.5, 0.6) is 0 Å². The zero-order valence-corrected chi connectivity index (χ0v) is 82.5. The fourth-order valence-corrected chi connectivity index (χ4v) is 16.9. The van der Waals surface area contributed by atoms with E-state index >= 15 is 0 Å². The number of carboxylic acid groups (broad SMARTS) is 2. The standard InChI is InChI=1S/C38H63N3O6.C37H62N4O6.C21H39NO5.C2H4O2/c1-12-26(4)34(40(9)37(45)29(25(2)3)23-32(42)38(6,7)8)31(46-10)24-33(43)41-22-16-19-30(41)35(47-11)27(5)36(44)39-21-20-28-17-14-13-15-18-28;1-11-25(4)33(40(8)36(45)28(24(2)3)22-31(42)37(6,7)38)30(46-9)23-32(43)41-21-15-18-29(41)34(47-10)26(5)35(44)39-20-19-27-16-13-12-14-17-27;1-10-14(4)19(16(27-9)12-18(24)25)22(8)20(26)15(13(2)3)11-17(23)21(5,6)7;1-2(3)4/h13-15,17-18,25-27,29-31,34-35H,12,16,19-24H2,1-11H3,(H,39,44);12-14,16-17,24-26,28-30,33-34H,11,15,18-23,38H2,1-10H3,(H,39,44);13-16,19H,10-12H2,1-9H3,(H,24,25);1H3,(H,3,4)/t26-,27+,29-,30-,31+,34-,35+;25-,26+,28-,29-,30+,33-,34+;14-,15-,16+,19?;/m000./s1. The lowest BCUT2D eigenvalue weighted by Gasteiger charge is -2.41. The summed E-state index contributed by atoms with van der Waals surface area (Å²) in [4.78, 5) is 163. The smallest absolute Gasteiger partial charge is 0.306 e. The van der Waals surface area contributed by atoms with Crippen LogP contribution in [0.4, 0.5) is 0 Å². The van der Waals surface area contributed by atoms with Crippen LogP contribution in [0.25, 0.3) is 0 Å². The van der Waals surface area contributed by atoms with Gasteiger partial charge in [0.1, 0.15) is 11.6 Å². The van der Waals surface area contributed by atoms with Gasteiger partial charge in [0.15, 0.2) is 5.78 Å². The lowest BCUT2D eigenvalue weighted by molar-refractivity contribution is -0.149. The normalized spacial score (nSPS) is 18.1. The van der Waals surface area contributed by atoms with E-state index < -0.39 is 94.5 Å². The number of nitrogens with zero attached hydrogens (tertiary/aromatic N) is 5. The maximum absolute atomic E-state index is 14.0. The Kier molecular flexibility index (Phi) is 51.7. The SMILES string of the molecule is CC(=O)O.CC[C@H](C)C([C@@H](CC(=O)O)OC)N(C)C(=O)[C@@H](CC(=O)C(C)(C)C)C(C)C.CC[C@H](C)[C@@H]([C@@H](CC(=O)N1CCC[C@H]1[C@H](OC)[C@@H](C)C(=O)NCCc1ccccc1)OC)N(C)C(=O)[C@@H](CC(=O)C(C)(C)C)C(C)C.CC[C@H](C)[C@@H]([C@@H](CC(=O)N1CCC[C@H]1[C@H](OC)[C@@H](C)C(=O)NCCc1ccccc1)OC)N(C)C(=O)[C@@H](CC(=O)C(C)(C)N)C(C)C. The molecule has 18 atom stereocenters. The number of hydrogen-bond donors (Lipinski definition) is 5. The number of ether oxygens (including phenoxy) is 5. The number of carbonyl (C=O) groups excluding carboxylic acids is 10. The maximum atomic E-state index is 14.0. The van der Waals surface area contributed by atoms with Gasteiger partial charge in [-0.2, -0.15) is 0 Å². The highest BCUT2D eigenvalue weighted by molar-refractivity contribution is 5.93. The van der Waals surface area contributed by atoms with E-state index in [1.165, 1.54) is 7.11 Å². The summed E-state index contributed by atoms with van der Waals surface area (Å²) in [5.74, 6) is -4.88. The molecule has 125 heavy (non-hydrogen) atoms. The van der Waals surface area contributed by atoms with E-state index in [1.807, 2.05) is 181 Å². The molecule has 0 aliphatic carbocycles. The Morgan fingerprint density at radius 2 is 0.712 bits per heavy atom. The molecule has 2 fully saturated rings. The maximum Gasteiger partial charge on any atom is 0.306 e. The monoisotopic (exact) mass is 1760 g/mol. The molecule has 0 bridgehead atoms. The molecule has 2 aliphatic heterocycles. The highest BCUT2D eigenvalue weighted by atomic mass is 16.5. The van der Waals surface area contributed by atoms with Crippen LogP contribution >= 0.6 is 0 Å². The lowest BCUT2D eigenvalue weighted by atomic mass is 9.80. The van der Waals surface area contributed by atoms with Crippen molar-refractivity contribution in [3.05, 3.63) is 71.8 Å². The van der Waals surface area contributed by atoms with Gasteiger partial charge >= 0.3 is 5.97 Å². The third kappa shape index (κ3) is 37.2. The Hall–Kier alpha value is -7.56. The lowest BCUT2D eigenvalue weighted by Crippen LogP contribution is -2.54. The quantitative estimate of drug-likeness (QED) is 0.0411. The first-order chi connectivity index (χ1) is 58.2. The van der Waals surface area contributed by atoms with E-state index in [4.69, 9.17) is 39.3 Å². The first-order valence-corrected chi connectivity index (χ1v) is 45.6. The van der Waals surface area contributed by atoms with Crippen molar-refractivity contribution in [1.82, 2.24) is 35.1 Å². The number of nitrogens with one attached hydrogen (secondary N) is 2. The number of amides is 7. The average Bonchev–Trinajstić information content (AvgIpc) is 1.76. The van der Waals surface area contributed by atoms with Crippen molar-refractivity contribution >= 4 is 70.6 Å². The Morgan fingerprint density at radius 3 is 0.944 bits per heavy atom. The first kappa shape index (κ1) is 115. The largest absolute Gasteiger partial charge is 0.481 e. The molecule has 1 unspecified atom stereocenters. The predicted octanol–water partition coefficient (Wildman–Crippen LogP) is 13.5. The molecule has 27 nitrogen and oxygen atoms in total. The third-order valence-electron chi connectivity index (χ3n) is 25.7. The molecule has 714 valence electrons. The number of methoxy groups -OCH3 is 5. The Labute approximate surface area is 751 Å². The number of aliphatic carboxylic acids is 2. The van der Waals surface area contributed by atoms with Gasteiger partial charge in [0.05, 0.1) is 97.4 Å². The van der Waals surface area contributed by atoms with Crippen molar-refractivity contribution in [2.24, 2.45) is 81.7 Å². The van der Waals surface area contributed by atoms with E-state index in [0.717, 1.165) is 75.8 Å². The average molecular weight is 1760 g/mol. The van der Waals surface area contributed by atoms with Crippen molar-refractivity contribution in [2.75, 3.05) is 82.9 Å². The second-order valence-electron chi connectivity index (χ2n) is 38.6. The molecule has 27 heteroatoms. The summed E-state index contributed by atoms with van der Waals surface area (Å²) in [5, 5.41) is 22.7. The van der Waals surface area contributed by atoms with E-state index in [2.05, 4.69) is 38.3 Å². The molecule has 2 aliphatic rings. The zero-order chi connectivity index (χ0) is 96.0. The van der Waals surface area contributed by atoms with Crippen molar-refractivity contribution in [1.29, 1.82) is 0 Å². The van der Waals surface area contributed by atoms with Crippen LogP contribution in [0.1, 0.15) is 254 Å². The molecule has 2 aromatic rings. The van der Waals surface area contributed by atoms with Crippen LogP contribution in [0.2, 0.25) is 0 Å². The molecule has 6 N–H and O–H groups in total. The summed E-state index contributed by atoms with van der Waals surface area (Å²) in [5.41, 5.74) is 6.32.